The van der Waals surface area contributed by atoms with Crippen LogP contribution < -0.4 is 25.0 Å². The highest BCUT2D eigenvalue weighted by molar-refractivity contribution is 7.80. The Balaban J connectivity index is 1.96. The second-order valence-electron chi connectivity index (χ2n) is 5.50. The molecule has 0 bridgehead atoms. The van der Waals surface area contributed by atoms with Gasteiger partial charge < -0.3 is 19.5 Å². The average Bonchev–Trinajstić information content (AvgIpc) is 2.66. The van der Waals surface area contributed by atoms with E-state index in [-0.39, 0.29) is 0 Å². The van der Waals surface area contributed by atoms with Crippen LogP contribution in [0.5, 0.6) is 17.2 Å². The fraction of sp³-hybridized carbons (Fsp3) is 0.263. The number of hydrazone groups is 1. The molecule has 2 aromatic rings. The summed E-state index contributed by atoms with van der Waals surface area (Å²) in [4.78, 5) is 0. The molecule has 0 spiro atoms. The third-order valence-corrected chi connectivity index (χ3v) is 4.02. The highest BCUT2D eigenvalue weighted by Crippen LogP contribution is 2.36. The minimum Gasteiger partial charge on any atom is -0.493 e. The molecular formula is C19H22ClN3O3S. The van der Waals surface area contributed by atoms with Gasteiger partial charge in [-0.15, -0.1) is 0 Å². The first-order valence-corrected chi connectivity index (χ1v) is 9.02. The lowest BCUT2D eigenvalue weighted by Gasteiger charge is -2.14. The number of aryl methyl sites for hydroxylation is 1. The van der Waals surface area contributed by atoms with Crippen molar-refractivity contribution in [2.45, 2.75) is 6.92 Å². The standard InChI is InChI=1S/C19H22ClN3O3S/c1-13-5-4-6-15(9-13)25-7-8-26-18-16(20)10-14(11-17(18)24-3)12-22-23-19(27)21-2/h4-6,9-12H,7-8H2,1-3H3,(H2,21,23,27). The van der Waals surface area contributed by atoms with Gasteiger partial charge in [-0.1, -0.05) is 23.7 Å². The largest absolute Gasteiger partial charge is 0.493 e. The lowest BCUT2D eigenvalue weighted by Crippen LogP contribution is -2.28. The lowest BCUT2D eigenvalue weighted by atomic mass is 10.2. The van der Waals surface area contributed by atoms with Crippen LogP contribution in [0, 0.1) is 6.92 Å². The number of hydrogen-bond donors (Lipinski definition) is 2. The first-order chi connectivity index (χ1) is 13.0. The molecule has 2 aromatic carbocycles. The molecule has 0 aliphatic heterocycles. The SMILES string of the molecule is CNC(=S)NN=Cc1cc(Cl)c(OCCOc2cccc(C)c2)c(OC)c1. The van der Waals surface area contributed by atoms with Crippen molar-refractivity contribution < 1.29 is 14.2 Å². The van der Waals surface area contributed by atoms with E-state index in [0.29, 0.717) is 34.8 Å². The maximum atomic E-state index is 6.33. The number of methoxy groups -OCH3 is 1. The molecule has 0 saturated heterocycles. The molecule has 0 aliphatic rings. The van der Waals surface area contributed by atoms with Crippen molar-refractivity contribution in [3.63, 3.8) is 0 Å². The number of thiocarbonyl (C=S) groups is 1. The molecule has 0 fully saturated rings. The van der Waals surface area contributed by atoms with Gasteiger partial charge in [0, 0.05) is 7.05 Å². The number of halogens is 1. The summed E-state index contributed by atoms with van der Waals surface area (Å²) in [5, 5.41) is 7.62. The van der Waals surface area contributed by atoms with Gasteiger partial charge in [0.1, 0.15) is 19.0 Å². The van der Waals surface area contributed by atoms with E-state index in [0.717, 1.165) is 16.9 Å². The second-order valence-corrected chi connectivity index (χ2v) is 6.31. The van der Waals surface area contributed by atoms with E-state index in [4.69, 9.17) is 38.0 Å². The van der Waals surface area contributed by atoms with Gasteiger partial charge >= 0.3 is 0 Å². The topological polar surface area (TPSA) is 64.1 Å². The number of hydrogen-bond acceptors (Lipinski definition) is 5. The Morgan fingerprint density at radius 2 is 2.00 bits per heavy atom. The molecule has 2 N–H and O–H groups in total. The zero-order chi connectivity index (χ0) is 19.6. The Morgan fingerprint density at radius 1 is 1.22 bits per heavy atom. The summed E-state index contributed by atoms with van der Waals surface area (Å²) in [7, 11) is 3.26. The molecule has 8 heteroatoms. The average molecular weight is 408 g/mol. The van der Waals surface area contributed by atoms with Crippen molar-refractivity contribution in [2.75, 3.05) is 27.4 Å². The number of ether oxygens (including phenoxy) is 3. The first-order valence-electron chi connectivity index (χ1n) is 8.24. The Labute approximate surface area is 169 Å². The molecule has 0 atom stereocenters. The predicted molar refractivity (Wildman–Crippen MR) is 113 cm³/mol. The van der Waals surface area contributed by atoms with E-state index < -0.39 is 0 Å². The third-order valence-electron chi connectivity index (χ3n) is 3.45. The summed E-state index contributed by atoms with van der Waals surface area (Å²) in [5.41, 5.74) is 4.55. The monoisotopic (exact) mass is 407 g/mol. The molecule has 0 radical (unpaired) electrons. The minimum atomic E-state index is 0.329. The van der Waals surface area contributed by atoms with Crippen molar-refractivity contribution in [3.8, 4) is 17.2 Å². The summed E-state index contributed by atoms with van der Waals surface area (Å²) < 4.78 is 16.8. The van der Waals surface area contributed by atoms with Crippen LogP contribution in [0.4, 0.5) is 0 Å². The molecule has 6 nitrogen and oxygen atoms in total. The molecule has 27 heavy (non-hydrogen) atoms. The van der Waals surface area contributed by atoms with Gasteiger partial charge in [0.25, 0.3) is 0 Å². The van der Waals surface area contributed by atoms with E-state index in [1.54, 1.807) is 32.5 Å². The van der Waals surface area contributed by atoms with Crippen molar-refractivity contribution in [1.82, 2.24) is 10.7 Å². The molecule has 0 unspecified atom stereocenters. The molecule has 0 heterocycles. The number of nitrogens with zero attached hydrogens (tertiary/aromatic N) is 1. The van der Waals surface area contributed by atoms with E-state index in [9.17, 15) is 0 Å². The van der Waals surface area contributed by atoms with Crippen LogP contribution >= 0.6 is 23.8 Å². The maximum Gasteiger partial charge on any atom is 0.186 e. The van der Waals surface area contributed by atoms with Crippen molar-refractivity contribution in [2.24, 2.45) is 5.10 Å². The van der Waals surface area contributed by atoms with E-state index in [1.165, 1.54) is 0 Å². The summed E-state index contributed by atoms with van der Waals surface area (Å²) in [6.07, 6.45) is 1.59. The van der Waals surface area contributed by atoms with Crippen LogP contribution in [-0.2, 0) is 0 Å². The third kappa shape index (κ3) is 6.62. The van der Waals surface area contributed by atoms with Gasteiger partial charge in [-0.2, -0.15) is 5.10 Å². The highest BCUT2D eigenvalue weighted by atomic mass is 35.5. The molecule has 144 valence electrons. The Hall–Kier alpha value is -2.51. The van der Waals surface area contributed by atoms with Gasteiger partial charge in [0.05, 0.1) is 18.3 Å². The lowest BCUT2D eigenvalue weighted by molar-refractivity contribution is 0.211. The maximum absolute atomic E-state index is 6.33. The smallest absolute Gasteiger partial charge is 0.186 e. The van der Waals surface area contributed by atoms with Gasteiger partial charge in [-0.05, 0) is 54.5 Å². The van der Waals surface area contributed by atoms with Gasteiger partial charge in [-0.3, -0.25) is 5.43 Å². The molecule has 0 amide bonds. The van der Waals surface area contributed by atoms with Crippen LogP contribution in [0.2, 0.25) is 5.02 Å². The Morgan fingerprint density at radius 3 is 2.70 bits per heavy atom. The van der Waals surface area contributed by atoms with Gasteiger partial charge in [0.15, 0.2) is 16.6 Å². The number of rotatable bonds is 8. The summed E-state index contributed by atoms with van der Waals surface area (Å²) in [6, 6.07) is 11.3. The van der Waals surface area contributed by atoms with Crippen LogP contribution in [0.15, 0.2) is 41.5 Å². The molecular weight excluding hydrogens is 386 g/mol. The molecule has 0 saturated carbocycles. The van der Waals surface area contributed by atoms with Gasteiger partial charge in [-0.25, -0.2) is 0 Å². The minimum absolute atomic E-state index is 0.329. The predicted octanol–water partition coefficient (Wildman–Crippen LogP) is 3.54. The zero-order valence-corrected chi connectivity index (χ0v) is 17.0. The van der Waals surface area contributed by atoms with Crippen LogP contribution in [0.1, 0.15) is 11.1 Å². The summed E-state index contributed by atoms with van der Waals surface area (Å²) >= 11 is 11.3. The quantitative estimate of drug-likeness (QED) is 0.302. The fourth-order valence-electron chi connectivity index (χ4n) is 2.18. The highest BCUT2D eigenvalue weighted by Gasteiger charge is 2.11. The first kappa shape index (κ1) is 20.8. The summed E-state index contributed by atoms with van der Waals surface area (Å²) in [6.45, 7) is 2.73. The summed E-state index contributed by atoms with van der Waals surface area (Å²) in [5.74, 6) is 1.77. The van der Waals surface area contributed by atoms with Gasteiger partial charge in [0.2, 0.25) is 0 Å². The molecule has 0 aliphatic carbocycles. The van der Waals surface area contributed by atoms with E-state index >= 15 is 0 Å². The van der Waals surface area contributed by atoms with Crippen molar-refractivity contribution in [3.05, 3.63) is 52.5 Å². The molecule has 2 rings (SSSR count). The van der Waals surface area contributed by atoms with Crippen LogP contribution in [0.3, 0.4) is 0 Å². The fourth-order valence-corrected chi connectivity index (χ4v) is 2.51. The van der Waals surface area contributed by atoms with Crippen molar-refractivity contribution in [1.29, 1.82) is 0 Å². The van der Waals surface area contributed by atoms with Crippen molar-refractivity contribution >= 4 is 35.1 Å². The number of benzene rings is 2. The Kier molecular flexibility index (Phi) is 8.16. The Bertz CT molecular complexity index is 815. The molecule has 0 aromatic heterocycles. The van der Waals surface area contributed by atoms with Crippen LogP contribution in [0.25, 0.3) is 0 Å². The normalized spacial score (nSPS) is 10.5. The zero-order valence-electron chi connectivity index (χ0n) is 15.4. The van der Waals surface area contributed by atoms with E-state index in [1.807, 2.05) is 31.2 Å². The number of nitrogens with one attached hydrogen (secondary N) is 2. The van der Waals surface area contributed by atoms with Crippen LogP contribution in [-0.4, -0.2) is 38.7 Å². The van der Waals surface area contributed by atoms with E-state index in [2.05, 4.69) is 15.8 Å². The second kappa shape index (κ2) is 10.6.